The van der Waals surface area contributed by atoms with Gasteiger partial charge in [0, 0.05) is 12.1 Å². The summed E-state index contributed by atoms with van der Waals surface area (Å²) in [5.41, 5.74) is 6.00. The summed E-state index contributed by atoms with van der Waals surface area (Å²) < 4.78 is 5.79. The van der Waals surface area contributed by atoms with Crippen molar-refractivity contribution >= 4 is 11.6 Å². The van der Waals surface area contributed by atoms with Crippen molar-refractivity contribution in [2.45, 2.75) is 25.9 Å². The summed E-state index contributed by atoms with van der Waals surface area (Å²) in [6.07, 6.45) is 1.50. The Morgan fingerprint density at radius 2 is 2.33 bits per heavy atom. The molecular weight excluding hydrogens is 274 g/mol. The lowest BCUT2D eigenvalue weighted by Crippen LogP contribution is -2.46. The third kappa shape index (κ3) is 3.69. The number of nitrogens with zero attached hydrogens (tertiary/aromatic N) is 2. The average molecular weight is 293 g/mol. The van der Waals surface area contributed by atoms with E-state index in [1.54, 1.807) is 24.0 Å². The van der Waals surface area contributed by atoms with E-state index in [0.29, 0.717) is 24.4 Å². The first kappa shape index (κ1) is 15.2. The number of ether oxygens (including phenoxy) is 1. The van der Waals surface area contributed by atoms with Crippen LogP contribution in [0, 0.1) is 17.0 Å². The molecule has 1 fully saturated rings. The van der Waals surface area contributed by atoms with E-state index in [0.717, 1.165) is 12.8 Å². The van der Waals surface area contributed by atoms with Gasteiger partial charge in [-0.05, 0) is 31.9 Å². The van der Waals surface area contributed by atoms with E-state index >= 15 is 0 Å². The maximum atomic E-state index is 11.6. The summed E-state index contributed by atoms with van der Waals surface area (Å²) in [6.45, 7) is 2.83. The van der Waals surface area contributed by atoms with Crippen molar-refractivity contribution < 1.29 is 14.5 Å². The minimum atomic E-state index is -0.423. The highest BCUT2D eigenvalue weighted by Crippen LogP contribution is 2.26. The quantitative estimate of drug-likeness (QED) is 0.665. The van der Waals surface area contributed by atoms with E-state index in [1.165, 1.54) is 6.07 Å². The molecule has 1 aromatic rings. The maximum Gasteiger partial charge on any atom is 0.276 e. The van der Waals surface area contributed by atoms with Gasteiger partial charge in [-0.15, -0.1) is 0 Å². The van der Waals surface area contributed by atoms with Crippen molar-refractivity contribution in [3.05, 3.63) is 33.9 Å². The molecule has 21 heavy (non-hydrogen) atoms. The second kappa shape index (κ2) is 6.53. The van der Waals surface area contributed by atoms with Crippen LogP contribution in [0.15, 0.2) is 18.2 Å². The predicted octanol–water partition coefficient (Wildman–Crippen LogP) is 1.23. The van der Waals surface area contributed by atoms with Crippen molar-refractivity contribution in [2.75, 3.05) is 19.6 Å². The molecule has 1 amide bonds. The minimum Gasteiger partial charge on any atom is -0.488 e. The summed E-state index contributed by atoms with van der Waals surface area (Å²) in [4.78, 5) is 23.8. The van der Waals surface area contributed by atoms with Crippen LogP contribution in [0.1, 0.15) is 18.4 Å². The van der Waals surface area contributed by atoms with Crippen LogP contribution >= 0.6 is 0 Å². The van der Waals surface area contributed by atoms with Gasteiger partial charge in [0.05, 0.1) is 24.1 Å². The highest BCUT2D eigenvalue weighted by molar-refractivity contribution is 5.78. The number of likely N-dealkylation sites (tertiary alicyclic amines) is 1. The van der Waals surface area contributed by atoms with E-state index in [-0.39, 0.29) is 24.2 Å². The van der Waals surface area contributed by atoms with E-state index in [2.05, 4.69) is 0 Å². The molecule has 1 atom stereocenters. The first-order valence-corrected chi connectivity index (χ1v) is 6.91. The molecule has 0 aliphatic carbocycles. The number of carbonyl (C=O) groups excluding carboxylic acids is 1. The van der Waals surface area contributed by atoms with Gasteiger partial charge >= 0.3 is 0 Å². The van der Waals surface area contributed by atoms with Crippen LogP contribution in [-0.4, -0.2) is 41.5 Å². The van der Waals surface area contributed by atoms with Crippen molar-refractivity contribution in [2.24, 2.45) is 5.73 Å². The molecule has 1 aromatic carbocycles. The molecule has 2 N–H and O–H groups in total. The third-order valence-corrected chi connectivity index (χ3v) is 3.59. The zero-order valence-corrected chi connectivity index (χ0v) is 11.9. The third-order valence-electron chi connectivity index (χ3n) is 3.59. The Morgan fingerprint density at radius 3 is 3.00 bits per heavy atom. The van der Waals surface area contributed by atoms with Gasteiger partial charge in [0.2, 0.25) is 5.91 Å². The van der Waals surface area contributed by atoms with Gasteiger partial charge in [-0.25, -0.2) is 0 Å². The topological polar surface area (TPSA) is 98.7 Å². The standard InChI is InChI=1S/C14H19N3O4/c1-10-4-5-11(7-13(10)17(19)20)21-12-3-2-6-16(9-12)14(18)8-15/h4-5,7,12H,2-3,6,8-9,15H2,1H3. The first-order valence-electron chi connectivity index (χ1n) is 6.91. The molecule has 0 saturated carbocycles. The van der Waals surface area contributed by atoms with Crippen LogP contribution < -0.4 is 10.5 Å². The molecule has 2 rings (SSSR count). The fourth-order valence-corrected chi connectivity index (χ4v) is 2.44. The lowest BCUT2D eigenvalue weighted by atomic mass is 10.1. The molecule has 1 unspecified atom stereocenters. The molecule has 0 bridgehead atoms. The molecule has 7 nitrogen and oxygen atoms in total. The van der Waals surface area contributed by atoms with Gasteiger partial charge in [-0.1, -0.05) is 0 Å². The Kier molecular flexibility index (Phi) is 4.74. The minimum absolute atomic E-state index is 0.0112. The number of nitro groups is 1. The summed E-state index contributed by atoms with van der Waals surface area (Å²) in [5, 5.41) is 10.9. The SMILES string of the molecule is Cc1ccc(OC2CCCN(C(=O)CN)C2)cc1[N+](=O)[O-]. The second-order valence-corrected chi connectivity index (χ2v) is 5.13. The number of benzene rings is 1. The number of hydrogen-bond acceptors (Lipinski definition) is 5. The first-order chi connectivity index (χ1) is 10.0. The Bertz CT molecular complexity index is 547. The zero-order valence-electron chi connectivity index (χ0n) is 11.9. The number of nitrogens with two attached hydrogens (primary N) is 1. The van der Waals surface area contributed by atoms with Crippen molar-refractivity contribution in [1.29, 1.82) is 0 Å². The number of carbonyl (C=O) groups is 1. The Labute approximate surface area is 122 Å². The van der Waals surface area contributed by atoms with Crippen molar-refractivity contribution in [3.8, 4) is 5.75 Å². The molecule has 1 saturated heterocycles. The number of piperidine rings is 1. The molecular formula is C14H19N3O4. The monoisotopic (exact) mass is 293 g/mol. The molecule has 1 aliphatic rings. The molecule has 1 aliphatic heterocycles. The van der Waals surface area contributed by atoms with E-state index in [9.17, 15) is 14.9 Å². The summed E-state index contributed by atoms with van der Waals surface area (Å²) in [6, 6.07) is 4.81. The number of rotatable bonds is 4. The van der Waals surface area contributed by atoms with Crippen LogP contribution in [0.2, 0.25) is 0 Å². The Hall–Kier alpha value is -2.15. The van der Waals surface area contributed by atoms with Crippen LogP contribution in [-0.2, 0) is 4.79 Å². The predicted molar refractivity (Wildman–Crippen MR) is 77.1 cm³/mol. The smallest absolute Gasteiger partial charge is 0.276 e. The largest absolute Gasteiger partial charge is 0.488 e. The van der Waals surface area contributed by atoms with Crippen LogP contribution in [0.5, 0.6) is 5.75 Å². The Morgan fingerprint density at radius 1 is 1.57 bits per heavy atom. The molecule has 0 spiro atoms. The number of amides is 1. The molecule has 0 aromatic heterocycles. The van der Waals surface area contributed by atoms with E-state index in [1.807, 2.05) is 0 Å². The number of hydrogen-bond donors (Lipinski definition) is 1. The van der Waals surface area contributed by atoms with Crippen LogP contribution in [0.4, 0.5) is 5.69 Å². The van der Waals surface area contributed by atoms with Crippen molar-refractivity contribution in [1.82, 2.24) is 4.90 Å². The molecule has 1 heterocycles. The second-order valence-electron chi connectivity index (χ2n) is 5.13. The average Bonchev–Trinajstić information content (AvgIpc) is 2.48. The van der Waals surface area contributed by atoms with Crippen LogP contribution in [0.3, 0.4) is 0 Å². The van der Waals surface area contributed by atoms with Gasteiger partial charge in [0.15, 0.2) is 0 Å². The highest BCUT2D eigenvalue weighted by atomic mass is 16.6. The number of nitro benzene ring substituents is 1. The summed E-state index contributed by atoms with van der Waals surface area (Å²) >= 11 is 0. The fraction of sp³-hybridized carbons (Fsp3) is 0.500. The summed E-state index contributed by atoms with van der Waals surface area (Å²) in [7, 11) is 0. The van der Waals surface area contributed by atoms with Gasteiger partial charge in [-0.3, -0.25) is 14.9 Å². The zero-order chi connectivity index (χ0) is 15.4. The lowest BCUT2D eigenvalue weighted by Gasteiger charge is -2.32. The molecule has 0 radical (unpaired) electrons. The van der Waals surface area contributed by atoms with E-state index in [4.69, 9.17) is 10.5 Å². The van der Waals surface area contributed by atoms with Crippen LogP contribution in [0.25, 0.3) is 0 Å². The van der Waals surface area contributed by atoms with Gasteiger partial charge in [0.25, 0.3) is 5.69 Å². The molecule has 7 heteroatoms. The number of aryl methyl sites for hydroxylation is 1. The normalized spacial score (nSPS) is 18.4. The maximum absolute atomic E-state index is 11.6. The van der Waals surface area contributed by atoms with E-state index < -0.39 is 4.92 Å². The lowest BCUT2D eigenvalue weighted by molar-refractivity contribution is -0.385. The summed E-state index contributed by atoms with van der Waals surface area (Å²) in [5.74, 6) is 0.359. The van der Waals surface area contributed by atoms with Gasteiger partial charge < -0.3 is 15.4 Å². The Balaban J connectivity index is 2.06. The van der Waals surface area contributed by atoms with Gasteiger partial charge in [-0.2, -0.15) is 0 Å². The molecule has 114 valence electrons. The fourth-order valence-electron chi connectivity index (χ4n) is 2.44. The van der Waals surface area contributed by atoms with Gasteiger partial charge in [0.1, 0.15) is 11.9 Å². The highest BCUT2D eigenvalue weighted by Gasteiger charge is 2.24. The van der Waals surface area contributed by atoms with Crippen molar-refractivity contribution in [3.63, 3.8) is 0 Å².